The Balaban J connectivity index is 1.45. The van der Waals surface area contributed by atoms with Crippen molar-refractivity contribution in [3.05, 3.63) is 77.5 Å². The van der Waals surface area contributed by atoms with Crippen molar-refractivity contribution < 1.29 is 13.6 Å². The Labute approximate surface area is 163 Å². The van der Waals surface area contributed by atoms with Gasteiger partial charge in [0.05, 0.1) is 6.26 Å². The highest BCUT2D eigenvalue weighted by molar-refractivity contribution is 5.91. The highest BCUT2D eigenvalue weighted by Gasteiger charge is 2.27. The Morgan fingerprint density at radius 1 is 1.29 bits per heavy atom. The number of piperidine rings is 1. The number of aryl methyl sites for hydroxylation is 1. The second-order valence-corrected chi connectivity index (χ2v) is 7.47. The van der Waals surface area contributed by atoms with Gasteiger partial charge in [0.1, 0.15) is 11.6 Å². The van der Waals surface area contributed by atoms with E-state index < -0.39 is 0 Å². The van der Waals surface area contributed by atoms with E-state index in [2.05, 4.69) is 9.55 Å². The zero-order chi connectivity index (χ0) is 19.5. The minimum atomic E-state index is -0.227. The van der Waals surface area contributed by atoms with E-state index in [9.17, 15) is 9.18 Å². The lowest BCUT2D eigenvalue weighted by Crippen LogP contribution is -2.40. The first-order valence-corrected chi connectivity index (χ1v) is 9.68. The number of amides is 1. The van der Waals surface area contributed by atoms with E-state index in [-0.39, 0.29) is 11.7 Å². The van der Waals surface area contributed by atoms with Crippen LogP contribution >= 0.6 is 0 Å². The van der Waals surface area contributed by atoms with Gasteiger partial charge >= 0.3 is 0 Å². The number of carbonyl (C=O) groups is 1. The zero-order valence-corrected chi connectivity index (χ0v) is 16.0. The Morgan fingerprint density at radius 2 is 2.11 bits per heavy atom. The number of rotatable bonds is 5. The Hall–Kier alpha value is -2.89. The smallest absolute Gasteiger partial charge is 0.289 e. The molecule has 0 bridgehead atoms. The summed E-state index contributed by atoms with van der Waals surface area (Å²) in [6.45, 7) is 4.18. The van der Waals surface area contributed by atoms with Crippen molar-refractivity contribution in [2.24, 2.45) is 5.92 Å². The summed E-state index contributed by atoms with van der Waals surface area (Å²) in [6, 6.07) is 10.0. The summed E-state index contributed by atoms with van der Waals surface area (Å²) in [7, 11) is 0. The number of hydrogen-bond acceptors (Lipinski definition) is 3. The molecule has 1 saturated heterocycles. The number of furan rings is 1. The van der Waals surface area contributed by atoms with Crippen LogP contribution in [0.15, 0.2) is 53.3 Å². The summed E-state index contributed by atoms with van der Waals surface area (Å²) in [5.74, 6) is 1.50. The largest absolute Gasteiger partial charge is 0.459 e. The molecule has 28 heavy (non-hydrogen) atoms. The number of aromatic nitrogens is 2. The summed E-state index contributed by atoms with van der Waals surface area (Å²) in [4.78, 5) is 19.1. The summed E-state index contributed by atoms with van der Waals surface area (Å²) in [5, 5.41) is 0. The molecule has 6 heteroatoms. The van der Waals surface area contributed by atoms with Gasteiger partial charge in [0.2, 0.25) is 0 Å². The first kappa shape index (κ1) is 18.5. The molecule has 146 valence electrons. The number of halogens is 1. The zero-order valence-electron chi connectivity index (χ0n) is 16.0. The number of imidazole rings is 1. The Kier molecular flexibility index (Phi) is 5.28. The van der Waals surface area contributed by atoms with E-state index in [1.807, 2.05) is 30.2 Å². The lowest BCUT2D eigenvalue weighted by atomic mass is 9.94. The fraction of sp³-hybridized carbons (Fsp3) is 0.364. The van der Waals surface area contributed by atoms with Crippen LogP contribution in [0.2, 0.25) is 0 Å². The third-order valence-corrected chi connectivity index (χ3v) is 5.40. The fourth-order valence-electron chi connectivity index (χ4n) is 3.89. The molecule has 3 aromatic rings. The average Bonchev–Trinajstić information content (AvgIpc) is 3.35. The maximum atomic E-state index is 13.2. The van der Waals surface area contributed by atoms with E-state index in [0.717, 1.165) is 42.9 Å². The highest BCUT2D eigenvalue weighted by Crippen LogP contribution is 2.23. The molecule has 1 atom stereocenters. The molecule has 1 amide bonds. The lowest BCUT2D eigenvalue weighted by Gasteiger charge is -2.32. The maximum Gasteiger partial charge on any atom is 0.289 e. The van der Waals surface area contributed by atoms with E-state index in [4.69, 9.17) is 4.42 Å². The van der Waals surface area contributed by atoms with Crippen LogP contribution in [-0.4, -0.2) is 33.4 Å². The van der Waals surface area contributed by atoms with Crippen molar-refractivity contribution in [1.29, 1.82) is 0 Å². The molecule has 3 heterocycles. The highest BCUT2D eigenvalue weighted by atomic mass is 19.1. The number of carbonyl (C=O) groups excluding carboxylic acids is 1. The van der Waals surface area contributed by atoms with E-state index in [1.165, 1.54) is 18.4 Å². The van der Waals surface area contributed by atoms with Crippen LogP contribution in [0.3, 0.4) is 0 Å². The predicted octanol–water partition coefficient (Wildman–Crippen LogP) is 4.07. The second kappa shape index (κ2) is 8.00. The van der Waals surface area contributed by atoms with Crippen molar-refractivity contribution >= 4 is 5.91 Å². The molecule has 1 aromatic carbocycles. The number of likely N-dealkylation sites (tertiary alicyclic amines) is 1. The topological polar surface area (TPSA) is 51.3 Å². The monoisotopic (exact) mass is 381 g/mol. The second-order valence-electron chi connectivity index (χ2n) is 7.47. The van der Waals surface area contributed by atoms with Gasteiger partial charge in [0.15, 0.2) is 5.76 Å². The van der Waals surface area contributed by atoms with Crippen LogP contribution in [-0.2, 0) is 13.0 Å². The minimum absolute atomic E-state index is 0.0412. The van der Waals surface area contributed by atoms with Gasteiger partial charge in [-0.2, -0.15) is 0 Å². The SMILES string of the molecule is Cc1cnc(CC2CCCN(C(=O)c3ccco3)C2)n1Cc1ccc(F)cc1. The van der Waals surface area contributed by atoms with Crippen LogP contribution in [0.4, 0.5) is 4.39 Å². The van der Waals surface area contributed by atoms with Gasteiger partial charge in [0.25, 0.3) is 5.91 Å². The van der Waals surface area contributed by atoms with Crippen LogP contribution < -0.4 is 0 Å². The number of benzene rings is 1. The van der Waals surface area contributed by atoms with Gasteiger partial charge in [-0.15, -0.1) is 0 Å². The maximum absolute atomic E-state index is 13.2. The van der Waals surface area contributed by atoms with Gasteiger partial charge < -0.3 is 13.9 Å². The predicted molar refractivity (Wildman–Crippen MR) is 104 cm³/mol. The number of hydrogen-bond donors (Lipinski definition) is 0. The molecule has 0 spiro atoms. The third-order valence-electron chi connectivity index (χ3n) is 5.40. The Morgan fingerprint density at radius 3 is 2.86 bits per heavy atom. The molecule has 1 unspecified atom stereocenters. The molecule has 0 saturated carbocycles. The van der Waals surface area contributed by atoms with Gasteiger partial charge in [-0.05, 0) is 55.5 Å². The molecule has 2 aromatic heterocycles. The van der Waals surface area contributed by atoms with Crippen molar-refractivity contribution in [3.63, 3.8) is 0 Å². The fourth-order valence-corrected chi connectivity index (χ4v) is 3.89. The van der Waals surface area contributed by atoms with Crippen LogP contribution in [0, 0.1) is 18.7 Å². The summed E-state index contributed by atoms with van der Waals surface area (Å²) < 4.78 is 20.6. The first-order valence-electron chi connectivity index (χ1n) is 9.68. The van der Waals surface area contributed by atoms with E-state index in [0.29, 0.717) is 24.8 Å². The first-order chi connectivity index (χ1) is 13.6. The van der Waals surface area contributed by atoms with Crippen molar-refractivity contribution in [2.45, 2.75) is 32.7 Å². The van der Waals surface area contributed by atoms with Gasteiger partial charge in [-0.1, -0.05) is 12.1 Å². The van der Waals surface area contributed by atoms with E-state index in [1.54, 1.807) is 12.1 Å². The van der Waals surface area contributed by atoms with Crippen molar-refractivity contribution in [1.82, 2.24) is 14.5 Å². The molecule has 0 aliphatic carbocycles. The van der Waals surface area contributed by atoms with Gasteiger partial charge in [-0.3, -0.25) is 4.79 Å². The third kappa shape index (κ3) is 4.01. The molecule has 1 aliphatic rings. The molecule has 0 N–H and O–H groups in total. The average molecular weight is 381 g/mol. The summed E-state index contributed by atoms with van der Waals surface area (Å²) in [6.07, 6.45) is 6.28. The standard InChI is InChI=1S/C22H24FN3O2/c1-16-13-24-21(26(16)15-17-6-8-19(23)9-7-17)12-18-4-2-10-25(14-18)22(27)20-5-3-11-28-20/h3,5-9,11,13,18H,2,4,10,12,14-15H2,1H3. The van der Waals surface area contributed by atoms with E-state index >= 15 is 0 Å². The van der Waals surface area contributed by atoms with Gasteiger partial charge in [-0.25, -0.2) is 9.37 Å². The lowest BCUT2D eigenvalue weighted by molar-refractivity contribution is 0.0639. The molecule has 1 fully saturated rings. The Bertz CT molecular complexity index is 931. The molecule has 5 nitrogen and oxygen atoms in total. The molecule has 0 radical (unpaired) electrons. The normalized spacial score (nSPS) is 17.1. The van der Waals surface area contributed by atoms with Crippen LogP contribution in [0.5, 0.6) is 0 Å². The number of nitrogens with zero attached hydrogens (tertiary/aromatic N) is 3. The molecular formula is C22H24FN3O2. The summed E-state index contributed by atoms with van der Waals surface area (Å²) >= 11 is 0. The quantitative estimate of drug-likeness (QED) is 0.670. The molecular weight excluding hydrogens is 357 g/mol. The minimum Gasteiger partial charge on any atom is -0.459 e. The van der Waals surface area contributed by atoms with Crippen LogP contribution in [0.1, 0.15) is 40.5 Å². The molecule has 1 aliphatic heterocycles. The van der Waals surface area contributed by atoms with Gasteiger partial charge in [0, 0.05) is 37.9 Å². The summed E-state index contributed by atoms with van der Waals surface area (Å²) in [5.41, 5.74) is 2.13. The molecule has 4 rings (SSSR count). The van der Waals surface area contributed by atoms with Crippen LogP contribution in [0.25, 0.3) is 0 Å². The van der Waals surface area contributed by atoms with Crippen molar-refractivity contribution in [2.75, 3.05) is 13.1 Å². The van der Waals surface area contributed by atoms with Crippen molar-refractivity contribution in [3.8, 4) is 0 Å².